The average molecular weight is 443 g/mol. The van der Waals surface area contributed by atoms with Gasteiger partial charge >= 0.3 is 0 Å². The molecule has 6 nitrogen and oxygen atoms in total. The van der Waals surface area contributed by atoms with Gasteiger partial charge < -0.3 is 10.1 Å². The van der Waals surface area contributed by atoms with Crippen LogP contribution in [0, 0.1) is 6.92 Å². The number of ether oxygens (including phenoxy) is 1. The van der Waals surface area contributed by atoms with Crippen molar-refractivity contribution in [2.75, 3.05) is 11.1 Å². The number of carbonyl (C=O) groups excluding carboxylic acids is 1. The molecule has 156 valence electrons. The molecule has 0 aliphatic carbocycles. The molecule has 0 radical (unpaired) electrons. The summed E-state index contributed by atoms with van der Waals surface area (Å²) >= 11 is 7.39. The SMILES string of the molecule is C=CCn1c(SCC(=O)Nc2ccccc2Cl)nnc1C(C)Oc1ccc(C)cc1. The lowest BCUT2D eigenvalue weighted by Crippen LogP contribution is -2.15. The zero-order valence-electron chi connectivity index (χ0n) is 16.8. The minimum Gasteiger partial charge on any atom is -0.483 e. The molecule has 1 unspecified atom stereocenters. The molecule has 30 heavy (non-hydrogen) atoms. The van der Waals surface area contributed by atoms with Gasteiger partial charge in [-0.05, 0) is 38.1 Å². The number of hydrogen-bond acceptors (Lipinski definition) is 5. The van der Waals surface area contributed by atoms with E-state index in [1.807, 2.05) is 54.8 Å². The lowest BCUT2D eigenvalue weighted by molar-refractivity contribution is -0.113. The number of para-hydroxylation sites is 1. The standard InChI is InChI=1S/C22H23ClN4O2S/c1-4-13-27-21(16(3)29-17-11-9-15(2)10-12-17)25-26-22(27)30-14-20(28)24-19-8-6-5-7-18(19)23/h4-12,16H,1,13-14H2,2-3H3,(H,24,28). The Labute approximate surface area is 185 Å². The number of aryl methyl sites for hydroxylation is 1. The van der Waals surface area contributed by atoms with Crippen molar-refractivity contribution in [1.29, 1.82) is 0 Å². The van der Waals surface area contributed by atoms with Crippen LogP contribution in [0.1, 0.15) is 24.4 Å². The van der Waals surface area contributed by atoms with E-state index in [2.05, 4.69) is 22.1 Å². The smallest absolute Gasteiger partial charge is 0.234 e. The molecule has 2 aromatic carbocycles. The Hall–Kier alpha value is -2.77. The minimum atomic E-state index is -0.313. The van der Waals surface area contributed by atoms with Gasteiger partial charge in [0.2, 0.25) is 5.91 Å². The number of halogens is 1. The minimum absolute atomic E-state index is 0.174. The van der Waals surface area contributed by atoms with Crippen LogP contribution in [0.15, 0.2) is 66.3 Å². The highest BCUT2D eigenvalue weighted by molar-refractivity contribution is 7.99. The summed E-state index contributed by atoms with van der Waals surface area (Å²) in [7, 11) is 0. The molecule has 8 heteroatoms. The van der Waals surface area contributed by atoms with Crippen LogP contribution >= 0.6 is 23.4 Å². The monoisotopic (exact) mass is 442 g/mol. The number of rotatable bonds is 9. The summed E-state index contributed by atoms with van der Waals surface area (Å²) in [5.74, 6) is 1.43. The molecule has 0 saturated carbocycles. The molecular weight excluding hydrogens is 420 g/mol. The average Bonchev–Trinajstić information content (AvgIpc) is 3.13. The van der Waals surface area contributed by atoms with Gasteiger partial charge in [-0.1, -0.05) is 59.3 Å². The first-order chi connectivity index (χ1) is 14.5. The summed E-state index contributed by atoms with van der Waals surface area (Å²) in [6, 6.07) is 15.0. The third-order valence-corrected chi connectivity index (χ3v) is 5.53. The maximum Gasteiger partial charge on any atom is 0.234 e. The van der Waals surface area contributed by atoms with Crippen molar-refractivity contribution < 1.29 is 9.53 Å². The summed E-state index contributed by atoms with van der Waals surface area (Å²) in [4.78, 5) is 12.3. The quantitative estimate of drug-likeness (QED) is 0.360. The number of carbonyl (C=O) groups is 1. The van der Waals surface area contributed by atoms with E-state index in [0.29, 0.717) is 28.2 Å². The van der Waals surface area contributed by atoms with Crippen LogP contribution in [0.2, 0.25) is 5.02 Å². The summed E-state index contributed by atoms with van der Waals surface area (Å²) in [6.07, 6.45) is 1.45. The van der Waals surface area contributed by atoms with E-state index >= 15 is 0 Å². The van der Waals surface area contributed by atoms with Crippen LogP contribution in [0.5, 0.6) is 5.75 Å². The van der Waals surface area contributed by atoms with Crippen molar-refractivity contribution in [3.05, 3.63) is 77.6 Å². The number of benzene rings is 2. The molecular formula is C22H23ClN4O2S. The number of allylic oxidation sites excluding steroid dienone is 1. The van der Waals surface area contributed by atoms with E-state index in [1.54, 1.807) is 18.2 Å². The molecule has 0 bridgehead atoms. The van der Waals surface area contributed by atoms with Crippen molar-refractivity contribution in [1.82, 2.24) is 14.8 Å². The van der Waals surface area contributed by atoms with E-state index in [9.17, 15) is 4.79 Å². The Morgan fingerprint density at radius 3 is 2.70 bits per heavy atom. The zero-order chi connectivity index (χ0) is 21.5. The number of nitrogens with one attached hydrogen (secondary N) is 1. The van der Waals surface area contributed by atoms with Crippen molar-refractivity contribution in [2.45, 2.75) is 31.7 Å². The highest BCUT2D eigenvalue weighted by Crippen LogP contribution is 2.26. The van der Waals surface area contributed by atoms with E-state index in [0.717, 1.165) is 5.75 Å². The second kappa shape index (κ2) is 10.3. The van der Waals surface area contributed by atoms with E-state index in [4.69, 9.17) is 16.3 Å². The molecule has 1 atom stereocenters. The van der Waals surface area contributed by atoms with Crippen molar-refractivity contribution in [3.63, 3.8) is 0 Å². The summed E-state index contributed by atoms with van der Waals surface area (Å²) in [6.45, 7) is 8.27. The number of aromatic nitrogens is 3. The van der Waals surface area contributed by atoms with Gasteiger partial charge in [-0.25, -0.2) is 0 Å². The van der Waals surface area contributed by atoms with Gasteiger partial charge in [-0.3, -0.25) is 9.36 Å². The van der Waals surface area contributed by atoms with Crippen molar-refractivity contribution in [3.8, 4) is 5.75 Å². The Morgan fingerprint density at radius 2 is 2.00 bits per heavy atom. The van der Waals surface area contributed by atoms with E-state index < -0.39 is 0 Å². The zero-order valence-corrected chi connectivity index (χ0v) is 18.4. The maximum absolute atomic E-state index is 12.3. The van der Waals surface area contributed by atoms with Gasteiger partial charge in [0.25, 0.3) is 0 Å². The van der Waals surface area contributed by atoms with Gasteiger partial charge in [0.15, 0.2) is 17.1 Å². The van der Waals surface area contributed by atoms with Crippen LogP contribution in [0.3, 0.4) is 0 Å². The highest BCUT2D eigenvalue weighted by Gasteiger charge is 2.20. The van der Waals surface area contributed by atoms with E-state index in [-0.39, 0.29) is 17.8 Å². The molecule has 0 saturated heterocycles. The molecule has 1 amide bonds. The lowest BCUT2D eigenvalue weighted by atomic mass is 10.2. The topological polar surface area (TPSA) is 69.0 Å². The summed E-state index contributed by atoms with van der Waals surface area (Å²) in [5.41, 5.74) is 1.75. The van der Waals surface area contributed by atoms with Crippen molar-refractivity contribution in [2.24, 2.45) is 0 Å². The Kier molecular flexibility index (Phi) is 7.54. The largest absolute Gasteiger partial charge is 0.483 e. The van der Waals surface area contributed by atoms with Gasteiger partial charge in [-0.15, -0.1) is 16.8 Å². The predicted molar refractivity (Wildman–Crippen MR) is 121 cm³/mol. The van der Waals surface area contributed by atoms with Crippen LogP contribution < -0.4 is 10.1 Å². The number of amides is 1. The third-order valence-electron chi connectivity index (χ3n) is 4.23. The molecule has 1 heterocycles. The molecule has 0 aliphatic heterocycles. The predicted octanol–water partition coefficient (Wildman–Crippen LogP) is 5.30. The van der Waals surface area contributed by atoms with E-state index in [1.165, 1.54) is 17.3 Å². The number of thioether (sulfide) groups is 1. The van der Waals surface area contributed by atoms with Gasteiger partial charge in [0, 0.05) is 6.54 Å². The first-order valence-electron chi connectivity index (χ1n) is 9.42. The Morgan fingerprint density at radius 1 is 1.27 bits per heavy atom. The second-order valence-electron chi connectivity index (χ2n) is 6.63. The summed E-state index contributed by atoms with van der Waals surface area (Å²) < 4.78 is 7.91. The molecule has 0 aliphatic rings. The van der Waals surface area contributed by atoms with Gasteiger partial charge in [0.1, 0.15) is 5.75 Å². The first kappa shape index (κ1) is 21.9. The fourth-order valence-electron chi connectivity index (χ4n) is 2.76. The van der Waals surface area contributed by atoms with Crippen molar-refractivity contribution >= 4 is 35.0 Å². The van der Waals surface area contributed by atoms with Crippen LogP contribution in [-0.2, 0) is 11.3 Å². The number of nitrogens with zero attached hydrogens (tertiary/aromatic N) is 3. The fraction of sp³-hybridized carbons (Fsp3) is 0.227. The molecule has 0 spiro atoms. The highest BCUT2D eigenvalue weighted by atomic mass is 35.5. The molecule has 0 fully saturated rings. The normalized spacial score (nSPS) is 11.7. The Balaban J connectivity index is 1.67. The maximum atomic E-state index is 12.3. The number of hydrogen-bond donors (Lipinski definition) is 1. The first-order valence-corrected chi connectivity index (χ1v) is 10.8. The molecule has 3 rings (SSSR count). The van der Waals surface area contributed by atoms with Crippen LogP contribution in [0.25, 0.3) is 0 Å². The van der Waals surface area contributed by atoms with Gasteiger partial charge in [-0.2, -0.15) is 0 Å². The van der Waals surface area contributed by atoms with Gasteiger partial charge in [0.05, 0.1) is 16.5 Å². The molecule has 1 N–H and O–H groups in total. The van der Waals surface area contributed by atoms with Crippen LogP contribution in [-0.4, -0.2) is 26.4 Å². The second-order valence-corrected chi connectivity index (χ2v) is 7.98. The number of anilines is 1. The van der Waals surface area contributed by atoms with Crippen LogP contribution in [0.4, 0.5) is 5.69 Å². The molecule has 1 aromatic heterocycles. The fourth-order valence-corrected chi connectivity index (χ4v) is 3.70. The third kappa shape index (κ3) is 5.64. The molecule has 3 aromatic rings. The lowest BCUT2D eigenvalue weighted by Gasteiger charge is -2.16. The Bertz CT molecular complexity index is 1020. The summed E-state index contributed by atoms with van der Waals surface area (Å²) in [5, 5.41) is 12.5.